The number of nitrogens with zero attached hydrogens (tertiary/aromatic N) is 9. The Bertz CT molecular complexity index is 1370. The lowest BCUT2D eigenvalue weighted by atomic mass is 9.93. The van der Waals surface area contributed by atoms with Crippen LogP contribution >= 0.6 is 0 Å². The second-order valence-electron chi connectivity index (χ2n) is 9.66. The Morgan fingerprint density at radius 3 is 2.57 bits per heavy atom. The summed E-state index contributed by atoms with van der Waals surface area (Å²) in [7, 11) is 0. The van der Waals surface area contributed by atoms with Crippen molar-refractivity contribution in [1.29, 1.82) is 5.26 Å². The van der Waals surface area contributed by atoms with Crippen molar-refractivity contribution in [3.05, 3.63) is 48.2 Å². The van der Waals surface area contributed by atoms with Gasteiger partial charge in [-0.25, -0.2) is 14.6 Å². The Labute approximate surface area is 204 Å². The van der Waals surface area contributed by atoms with E-state index in [1.54, 1.807) is 29.3 Å². The van der Waals surface area contributed by atoms with Gasteiger partial charge in [0.2, 0.25) is 0 Å². The Balaban J connectivity index is 1.45. The topological polar surface area (TPSA) is 113 Å². The van der Waals surface area contributed by atoms with E-state index in [-0.39, 0.29) is 6.04 Å². The summed E-state index contributed by atoms with van der Waals surface area (Å²) in [6, 6.07) is 6.62. The van der Waals surface area contributed by atoms with Gasteiger partial charge in [0.1, 0.15) is 11.8 Å². The molecule has 10 nitrogen and oxygen atoms in total. The number of anilines is 1. The number of hydrogen-bond acceptors (Lipinski definition) is 8. The maximum atomic E-state index is 9.15. The van der Waals surface area contributed by atoms with Gasteiger partial charge in [0.15, 0.2) is 11.5 Å². The SMILES string of the molecule is CC(C)Nc1cc(-n2ncc3cc(C#N)cnc32)ncc1-n1cc(C2CCN(C(C)C)CC2)nn1. The summed E-state index contributed by atoms with van der Waals surface area (Å²) < 4.78 is 3.49. The van der Waals surface area contributed by atoms with Crippen LogP contribution in [0.1, 0.15) is 57.7 Å². The predicted molar refractivity (Wildman–Crippen MR) is 134 cm³/mol. The molecule has 0 aromatic carbocycles. The summed E-state index contributed by atoms with van der Waals surface area (Å²) in [6.45, 7) is 10.9. The highest BCUT2D eigenvalue weighted by atomic mass is 15.4. The Kier molecular flexibility index (Phi) is 6.17. The van der Waals surface area contributed by atoms with Crippen LogP contribution in [0, 0.1) is 11.3 Å². The molecular weight excluding hydrogens is 440 g/mol. The molecule has 10 heteroatoms. The lowest BCUT2D eigenvalue weighted by Crippen LogP contribution is -2.37. The van der Waals surface area contributed by atoms with Gasteiger partial charge in [-0.3, -0.25) is 0 Å². The third-order valence-electron chi connectivity index (χ3n) is 6.50. The first-order valence-electron chi connectivity index (χ1n) is 12.1. The number of hydrogen-bond donors (Lipinski definition) is 1. The molecule has 0 spiro atoms. The number of nitrogens with one attached hydrogen (secondary N) is 1. The minimum Gasteiger partial charge on any atom is -0.381 e. The number of nitriles is 1. The molecule has 1 aliphatic heterocycles. The number of fused-ring (bicyclic) bond motifs is 1. The summed E-state index contributed by atoms with van der Waals surface area (Å²) in [5, 5.41) is 26.9. The van der Waals surface area contributed by atoms with Gasteiger partial charge in [-0.15, -0.1) is 5.10 Å². The third kappa shape index (κ3) is 4.59. The highest BCUT2D eigenvalue weighted by molar-refractivity contribution is 5.77. The summed E-state index contributed by atoms with van der Waals surface area (Å²) >= 11 is 0. The molecule has 1 saturated heterocycles. The highest BCUT2D eigenvalue weighted by Gasteiger charge is 2.24. The van der Waals surface area contributed by atoms with Crippen molar-refractivity contribution < 1.29 is 0 Å². The van der Waals surface area contributed by atoms with Gasteiger partial charge in [0.25, 0.3) is 0 Å². The molecule has 0 unspecified atom stereocenters. The lowest BCUT2D eigenvalue weighted by Gasteiger charge is -2.33. The van der Waals surface area contributed by atoms with Crippen LogP contribution in [0.4, 0.5) is 5.69 Å². The van der Waals surface area contributed by atoms with E-state index in [9.17, 15) is 0 Å². The first kappa shape index (κ1) is 22.9. The van der Waals surface area contributed by atoms with Crippen molar-refractivity contribution in [2.24, 2.45) is 0 Å². The minimum absolute atomic E-state index is 0.207. The van der Waals surface area contributed by atoms with Crippen molar-refractivity contribution >= 4 is 16.7 Å². The number of aromatic nitrogens is 7. The zero-order valence-corrected chi connectivity index (χ0v) is 20.5. The first-order chi connectivity index (χ1) is 16.9. The third-order valence-corrected chi connectivity index (χ3v) is 6.50. The van der Waals surface area contributed by atoms with E-state index in [0.717, 1.165) is 48.4 Å². The maximum absolute atomic E-state index is 9.15. The number of likely N-dealkylation sites (tertiary alicyclic amines) is 1. The Hall–Kier alpha value is -3.84. The molecule has 4 aromatic heterocycles. The molecule has 35 heavy (non-hydrogen) atoms. The van der Waals surface area contributed by atoms with Crippen molar-refractivity contribution in [3.63, 3.8) is 0 Å². The molecule has 4 aromatic rings. The molecule has 180 valence electrons. The molecule has 0 bridgehead atoms. The van der Waals surface area contributed by atoms with Crippen molar-refractivity contribution in [3.8, 4) is 17.6 Å². The fourth-order valence-corrected chi connectivity index (χ4v) is 4.61. The summed E-state index contributed by atoms with van der Waals surface area (Å²) in [5.74, 6) is 1.05. The second kappa shape index (κ2) is 9.43. The van der Waals surface area contributed by atoms with Gasteiger partial charge < -0.3 is 10.2 Å². The zero-order valence-electron chi connectivity index (χ0n) is 20.5. The van der Waals surface area contributed by atoms with Gasteiger partial charge in [-0.1, -0.05) is 5.21 Å². The fraction of sp³-hybridized carbons (Fsp3) is 0.440. The predicted octanol–water partition coefficient (Wildman–Crippen LogP) is 3.68. The largest absolute Gasteiger partial charge is 0.381 e. The van der Waals surface area contributed by atoms with Crippen molar-refractivity contribution in [1.82, 2.24) is 39.6 Å². The van der Waals surface area contributed by atoms with Crippen LogP contribution in [-0.2, 0) is 0 Å². The first-order valence-corrected chi connectivity index (χ1v) is 12.1. The van der Waals surface area contributed by atoms with Gasteiger partial charge in [0, 0.05) is 35.7 Å². The maximum Gasteiger partial charge on any atom is 0.164 e. The van der Waals surface area contributed by atoms with Gasteiger partial charge >= 0.3 is 0 Å². The Morgan fingerprint density at radius 1 is 1.06 bits per heavy atom. The monoisotopic (exact) mass is 470 g/mol. The summed E-state index contributed by atoms with van der Waals surface area (Å²) in [4.78, 5) is 11.6. The van der Waals surface area contributed by atoms with E-state index < -0.39 is 0 Å². The van der Waals surface area contributed by atoms with E-state index in [1.165, 1.54) is 0 Å². The minimum atomic E-state index is 0.207. The summed E-state index contributed by atoms with van der Waals surface area (Å²) in [5.41, 5.74) is 3.89. The molecule has 0 amide bonds. The van der Waals surface area contributed by atoms with E-state index in [2.05, 4.69) is 69.4 Å². The van der Waals surface area contributed by atoms with Gasteiger partial charge in [0.05, 0.1) is 35.5 Å². The molecule has 0 saturated carbocycles. The van der Waals surface area contributed by atoms with Crippen LogP contribution in [0.5, 0.6) is 0 Å². The Morgan fingerprint density at radius 2 is 1.86 bits per heavy atom. The molecular formula is C25H30N10. The van der Waals surface area contributed by atoms with Gasteiger partial charge in [-0.05, 0) is 59.7 Å². The average Bonchev–Trinajstić information content (AvgIpc) is 3.51. The molecule has 0 atom stereocenters. The van der Waals surface area contributed by atoms with Crippen LogP contribution in [0.3, 0.4) is 0 Å². The molecule has 1 N–H and O–H groups in total. The molecule has 5 heterocycles. The van der Waals surface area contributed by atoms with Crippen LogP contribution < -0.4 is 5.32 Å². The zero-order chi connectivity index (χ0) is 24.5. The van der Waals surface area contributed by atoms with E-state index >= 15 is 0 Å². The average molecular weight is 471 g/mol. The summed E-state index contributed by atoms with van der Waals surface area (Å²) in [6.07, 6.45) is 9.26. The fourth-order valence-electron chi connectivity index (χ4n) is 4.61. The van der Waals surface area contributed by atoms with Crippen molar-refractivity contribution in [2.75, 3.05) is 18.4 Å². The van der Waals surface area contributed by atoms with Crippen LogP contribution in [0.25, 0.3) is 22.5 Å². The van der Waals surface area contributed by atoms with Crippen LogP contribution in [0.2, 0.25) is 0 Å². The lowest BCUT2D eigenvalue weighted by molar-refractivity contribution is 0.171. The molecule has 0 aliphatic carbocycles. The molecule has 1 aliphatic rings. The number of pyridine rings is 2. The quantitative estimate of drug-likeness (QED) is 0.454. The smallest absolute Gasteiger partial charge is 0.164 e. The standard InChI is InChI=1S/C25H30N10/c1-16(2)30-21-10-24(35-25-20(13-29-35)9-18(11-26)12-28-25)27-14-23(21)34-15-22(31-32-34)19-5-7-33(8-6-19)17(3)4/h9-10,12-17,19H,5-8H2,1-4H3,(H,27,30). The number of rotatable bonds is 6. The van der Waals surface area contributed by atoms with E-state index in [0.29, 0.717) is 29.0 Å². The van der Waals surface area contributed by atoms with Crippen LogP contribution in [0.15, 0.2) is 36.9 Å². The normalized spacial score (nSPS) is 15.2. The van der Waals surface area contributed by atoms with E-state index in [4.69, 9.17) is 5.26 Å². The second-order valence-corrected chi connectivity index (χ2v) is 9.66. The highest BCUT2D eigenvalue weighted by Crippen LogP contribution is 2.29. The molecule has 5 rings (SSSR count). The molecule has 0 radical (unpaired) electrons. The van der Waals surface area contributed by atoms with Gasteiger partial charge in [-0.2, -0.15) is 15.0 Å². The van der Waals surface area contributed by atoms with Crippen LogP contribution in [-0.4, -0.2) is 64.8 Å². The van der Waals surface area contributed by atoms with E-state index in [1.807, 2.05) is 16.9 Å². The number of piperidine rings is 1. The molecule has 1 fully saturated rings. The van der Waals surface area contributed by atoms with Crippen molar-refractivity contribution in [2.45, 2.75) is 58.5 Å².